The second-order valence-electron chi connectivity index (χ2n) is 3.31. The van der Waals surface area contributed by atoms with Crippen LogP contribution in [0.4, 0.5) is 0 Å². The molecule has 0 N–H and O–H groups in total. The average molecular weight is 275 g/mol. The van der Waals surface area contributed by atoms with Crippen molar-refractivity contribution >= 4 is 0 Å². The van der Waals surface area contributed by atoms with E-state index in [1.807, 2.05) is 64.1 Å². The Hall–Kier alpha value is -2.03. The van der Waals surface area contributed by atoms with Crippen molar-refractivity contribution in [2.24, 2.45) is 0 Å². The fraction of sp³-hybridized carbons (Fsp3) is 0.353. The molecule has 0 bridgehead atoms. The molecule has 1 heterocycles. The van der Waals surface area contributed by atoms with Gasteiger partial charge in [-0.1, -0.05) is 27.7 Å². The third-order valence-corrected chi connectivity index (χ3v) is 2.36. The van der Waals surface area contributed by atoms with Gasteiger partial charge in [-0.15, -0.1) is 0 Å². The van der Waals surface area contributed by atoms with Crippen LogP contribution >= 0.6 is 0 Å². The second-order valence-corrected chi connectivity index (χ2v) is 3.31. The largest absolute Gasteiger partial charge is 0.497 e. The number of hydrogen-bond donors (Lipinski definition) is 0. The smallest absolute Gasteiger partial charge is 0.137 e. The highest BCUT2D eigenvalue weighted by atomic mass is 16.5. The standard InChI is InChI=1S/C13H13NO2.2C2H6/c1-15-11-5-3-10(4-6-11)13-8-7-12(16-2)9-14-13;2*1-2/h3-9H,1-2H3;2*1-2H3. The molecule has 1 aromatic carbocycles. The third-order valence-electron chi connectivity index (χ3n) is 2.36. The zero-order valence-corrected chi connectivity index (χ0v) is 13.3. The van der Waals surface area contributed by atoms with E-state index < -0.39 is 0 Å². The van der Waals surface area contributed by atoms with Crippen molar-refractivity contribution in [1.82, 2.24) is 4.98 Å². The molecule has 0 amide bonds. The Bertz CT molecular complexity index is 404. The summed E-state index contributed by atoms with van der Waals surface area (Å²) in [5.74, 6) is 1.61. The highest BCUT2D eigenvalue weighted by Crippen LogP contribution is 2.21. The lowest BCUT2D eigenvalue weighted by Crippen LogP contribution is -1.87. The van der Waals surface area contributed by atoms with Gasteiger partial charge < -0.3 is 9.47 Å². The van der Waals surface area contributed by atoms with Crippen LogP contribution in [-0.4, -0.2) is 19.2 Å². The van der Waals surface area contributed by atoms with Crippen LogP contribution in [0.2, 0.25) is 0 Å². The van der Waals surface area contributed by atoms with Gasteiger partial charge in [0.25, 0.3) is 0 Å². The number of aromatic nitrogens is 1. The van der Waals surface area contributed by atoms with Crippen LogP contribution in [0.25, 0.3) is 11.3 Å². The van der Waals surface area contributed by atoms with Crippen LogP contribution in [0.5, 0.6) is 11.5 Å². The van der Waals surface area contributed by atoms with Gasteiger partial charge >= 0.3 is 0 Å². The molecule has 0 aliphatic rings. The molecular formula is C17H25NO2. The van der Waals surface area contributed by atoms with E-state index in [0.29, 0.717) is 0 Å². The molecule has 2 aromatic rings. The Morgan fingerprint density at radius 1 is 0.700 bits per heavy atom. The summed E-state index contributed by atoms with van der Waals surface area (Å²) in [6.45, 7) is 8.00. The Kier molecular flexibility index (Phi) is 9.75. The molecule has 0 aliphatic heterocycles. The van der Waals surface area contributed by atoms with Crippen molar-refractivity contribution in [1.29, 1.82) is 0 Å². The first-order valence-electron chi connectivity index (χ1n) is 6.98. The summed E-state index contributed by atoms with van der Waals surface area (Å²) in [5, 5.41) is 0. The fourth-order valence-corrected chi connectivity index (χ4v) is 1.43. The Labute approximate surface area is 122 Å². The summed E-state index contributed by atoms with van der Waals surface area (Å²) in [6, 6.07) is 11.6. The maximum Gasteiger partial charge on any atom is 0.137 e. The Morgan fingerprint density at radius 3 is 1.60 bits per heavy atom. The van der Waals surface area contributed by atoms with E-state index in [0.717, 1.165) is 22.8 Å². The molecule has 2 rings (SSSR count). The lowest BCUT2D eigenvalue weighted by Gasteiger charge is -2.04. The van der Waals surface area contributed by atoms with Crippen LogP contribution in [0.3, 0.4) is 0 Å². The van der Waals surface area contributed by atoms with Crippen LogP contribution < -0.4 is 9.47 Å². The van der Waals surface area contributed by atoms with E-state index in [2.05, 4.69) is 4.98 Å². The number of rotatable bonds is 3. The second kappa shape index (κ2) is 10.9. The molecule has 0 aliphatic carbocycles. The van der Waals surface area contributed by atoms with Gasteiger partial charge in [0.15, 0.2) is 0 Å². The van der Waals surface area contributed by atoms with E-state index in [1.54, 1.807) is 20.4 Å². The highest BCUT2D eigenvalue weighted by molar-refractivity contribution is 5.60. The van der Waals surface area contributed by atoms with E-state index in [-0.39, 0.29) is 0 Å². The van der Waals surface area contributed by atoms with Gasteiger partial charge in [-0.05, 0) is 36.4 Å². The Morgan fingerprint density at radius 2 is 1.20 bits per heavy atom. The van der Waals surface area contributed by atoms with Gasteiger partial charge in [0.05, 0.1) is 26.1 Å². The molecule has 0 atom stereocenters. The van der Waals surface area contributed by atoms with Crippen LogP contribution in [0, 0.1) is 0 Å². The fourth-order valence-electron chi connectivity index (χ4n) is 1.43. The van der Waals surface area contributed by atoms with Crippen molar-refractivity contribution in [2.45, 2.75) is 27.7 Å². The van der Waals surface area contributed by atoms with Gasteiger partial charge in [0.2, 0.25) is 0 Å². The molecule has 0 saturated heterocycles. The van der Waals surface area contributed by atoms with E-state index in [1.165, 1.54) is 0 Å². The first-order chi connectivity index (χ1) is 9.83. The number of pyridine rings is 1. The van der Waals surface area contributed by atoms with Gasteiger partial charge in [-0.2, -0.15) is 0 Å². The van der Waals surface area contributed by atoms with E-state index in [9.17, 15) is 0 Å². The van der Waals surface area contributed by atoms with E-state index in [4.69, 9.17) is 9.47 Å². The van der Waals surface area contributed by atoms with Crippen molar-refractivity contribution in [3.05, 3.63) is 42.6 Å². The average Bonchev–Trinajstić information content (AvgIpc) is 2.59. The zero-order valence-electron chi connectivity index (χ0n) is 13.3. The minimum Gasteiger partial charge on any atom is -0.497 e. The number of ether oxygens (including phenoxy) is 2. The van der Waals surface area contributed by atoms with Gasteiger partial charge in [-0.25, -0.2) is 0 Å². The first-order valence-corrected chi connectivity index (χ1v) is 6.98. The summed E-state index contributed by atoms with van der Waals surface area (Å²) >= 11 is 0. The molecule has 3 heteroatoms. The quantitative estimate of drug-likeness (QED) is 0.805. The molecule has 0 radical (unpaired) electrons. The summed E-state index contributed by atoms with van der Waals surface area (Å²) < 4.78 is 10.2. The third kappa shape index (κ3) is 5.31. The molecule has 1 aromatic heterocycles. The molecule has 3 nitrogen and oxygen atoms in total. The minimum atomic E-state index is 0.761. The normalized spacial score (nSPS) is 8.50. The summed E-state index contributed by atoms with van der Waals surface area (Å²) in [7, 11) is 3.28. The Balaban J connectivity index is 0.000000829. The van der Waals surface area contributed by atoms with Crippen LogP contribution in [0.1, 0.15) is 27.7 Å². The maximum absolute atomic E-state index is 5.10. The topological polar surface area (TPSA) is 31.4 Å². The lowest BCUT2D eigenvalue weighted by atomic mass is 10.1. The maximum atomic E-state index is 5.10. The van der Waals surface area contributed by atoms with Crippen molar-refractivity contribution in [3.63, 3.8) is 0 Å². The van der Waals surface area contributed by atoms with Crippen LogP contribution in [0.15, 0.2) is 42.6 Å². The molecule has 0 fully saturated rings. The van der Waals surface area contributed by atoms with Gasteiger partial charge in [-0.3, -0.25) is 4.98 Å². The number of hydrogen-bond acceptors (Lipinski definition) is 3. The minimum absolute atomic E-state index is 0.761. The van der Waals surface area contributed by atoms with Crippen molar-refractivity contribution in [3.8, 4) is 22.8 Å². The molecule has 0 unspecified atom stereocenters. The predicted molar refractivity (Wildman–Crippen MR) is 85.5 cm³/mol. The van der Waals surface area contributed by atoms with Gasteiger partial charge in [0.1, 0.15) is 11.5 Å². The molecule has 110 valence electrons. The van der Waals surface area contributed by atoms with Crippen molar-refractivity contribution < 1.29 is 9.47 Å². The summed E-state index contributed by atoms with van der Waals surface area (Å²) in [4.78, 5) is 4.31. The number of nitrogens with zero attached hydrogens (tertiary/aromatic N) is 1. The number of methoxy groups -OCH3 is 2. The molecule has 0 spiro atoms. The summed E-state index contributed by atoms with van der Waals surface area (Å²) in [6.07, 6.45) is 1.71. The van der Waals surface area contributed by atoms with Crippen molar-refractivity contribution in [2.75, 3.05) is 14.2 Å². The SMILES string of the molecule is CC.CC.COc1ccc(-c2ccc(OC)cn2)cc1. The first kappa shape index (κ1) is 18.0. The van der Waals surface area contributed by atoms with Gasteiger partial charge in [0, 0.05) is 5.56 Å². The van der Waals surface area contributed by atoms with E-state index >= 15 is 0 Å². The highest BCUT2D eigenvalue weighted by Gasteiger charge is 2.00. The predicted octanol–water partition coefficient (Wildman–Crippen LogP) is 4.82. The number of benzene rings is 1. The zero-order chi connectivity index (χ0) is 15.4. The summed E-state index contributed by atoms with van der Waals surface area (Å²) in [5.41, 5.74) is 1.98. The molecule has 0 saturated carbocycles. The lowest BCUT2D eigenvalue weighted by molar-refractivity contribution is 0.413. The molecular weight excluding hydrogens is 250 g/mol. The monoisotopic (exact) mass is 275 g/mol. The molecule has 20 heavy (non-hydrogen) atoms. The van der Waals surface area contributed by atoms with Crippen LogP contribution in [-0.2, 0) is 0 Å².